The third kappa shape index (κ3) is 3.81. The van der Waals surface area contributed by atoms with Crippen molar-refractivity contribution in [3.05, 3.63) is 77.4 Å². The van der Waals surface area contributed by atoms with Crippen molar-refractivity contribution in [2.45, 2.75) is 0 Å². The standard InChI is InChI=1S/C22H18ClN5O3S/c23-18-6-3-15(13-17(18)19-7-8-20-21(27-19)9-10-24-20)26-22(29)14-1-4-16(5-2-14)28-12-11-25-32(28,30)31/h1-10,13,24-25H,11-12H2,(H,26,29). The Morgan fingerprint density at radius 1 is 1.06 bits per heavy atom. The lowest BCUT2D eigenvalue weighted by molar-refractivity contribution is 0.102. The number of amides is 1. The molecule has 0 bridgehead atoms. The fourth-order valence-electron chi connectivity index (χ4n) is 3.61. The van der Waals surface area contributed by atoms with Gasteiger partial charge in [0.15, 0.2) is 0 Å². The van der Waals surface area contributed by atoms with Crippen LogP contribution in [0.15, 0.2) is 66.9 Å². The van der Waals surface area contributed by atoms with Gasteiger partial charge in [-0.3, -0.25) is 9.10 Å². The predicted octanol–water partition coefficient (Wildman–Crippen LogP) is 3.79. The smallest absolute Gasteiger partial charge is 0.301 e. The molecule has 1 aliphatic heterocycles. The zero-order valence-electron chi connectivity index (χ0n) is 16.7. The van der Waals surface area contributed by atoms with Crippen molar-refractivity contribution in [1.29, 1.82) is 0 Å². The Bertz CT molecular complexity index is 1430. The quantitative estimate of drug-likeness (QED) is 0.424. The Morgan fingerprint density at radius 3 is 2.62 bits per heavy atom. The molecule has 0 atom stereocenters. The van der Waals surface area contributed by atoms with E-state index in [2.05, 4.69) is 20.0 Å². The number of aromatic nitrogens is 2. The van der Waals surface area contributed by atoms with Gasteiger partial charge in [0.05, 0.1) is 27.4 Å². The first kappa shape index (κ1) is 20.5. The molecule has 1 fully saturated rings. The van der Waals surface area contributed by atoms with E-state index in [0.29, 0.717) is 46.3 Å². The van der Waals surface area contributed by atoms with Gasteiger partial charge in [-0.25, -0.2) is 4.98 Å². The Kier molecular flexibility index (Phi) is 5.09. The number of fused-ring (bicyclic) bond motifs is 1. The summed E-state index contributed by atoms with van der Waals surface area (Å²) in [7, 11) is -3.50. The molecular formula is C22H18ClN5O3S. The molecule has 2 aromatic carbocycles. The van der Waals surface area contributed by atoms with Gasteiger partial charge in [0.2, 0.25) is 0 Å². The first-order chi connectivity index (χ1) is 15.4. The van der Waals surface area contributed by atoms with Crippen LogP contribution in [-0.4, -0.2) is 37.4 Å². The minimum Gasteiger partial charge on any atom is -0.360 e. The number of nitrogens with one attached hydrogen (secondary N) is 3. The molecule has 0 spiro atoms. The SMILES string of the molecule is O=C(Nc1ccc(Cl)c(-c2ccc3[nH]ccc3n2)c1)c1ccc(N2CCNS2(=O)=O)cc1. The maximum Gasteiger partial charge on any atom is 0.301 e. The van der Waals surface area contributed by atoms with Crippen LogP contribution in [0.1, 0.15) is 10.4 Å². The molecule has 0 radical (unpaired) electrons. The molecule has 8 nitrogen and oxygen atoms in total. The predicted molar refractivity (Wildman–Crippen MR) is 125 cm³/mol. The van der Waals surface area contributed by atoms with Crippen LogP contribution >= 0.6 is 11.6 Å². The van der Waals surface area contributed by atoms with E-state index in [9.17, 15) is 13.2 Å². The normalized spacial score (nSPS) is 15.2. The number of anilines is 2. The second-order valence-corrected chi connectivity index (χ2v) is 9.36. The molecule has 5 rings (SSSR count). The van der Waals surface area contributed by atoms with Gasteiger partial charge in [0, 0.05) is 36.1 Å². The maximum atomic E-state index is 12.7. The first-order valence-electron chi connectivity index (χ1n) is 9.83. The Labute approximate surface area is 189 Å². The van der Waals surface area contributed by atoms with Crippen LogP contribution in [0.4, 0.5) is 11.4 Å². The molecule has 0 unspecified atom stereocenters. The number of nitrogens with zero attached hydrogens (tertiary/aromatic N) is 2. The average molecular weight is 468 g/mol. The van der Waals surface area contributed by atoms with Crippen LogP contribution in [0.2, 0.25) is 5.02 Å². The lowest BCUT2D eigenvalue weighted by atomic mass is 10.1. The van der Waals surface area contributed by atoms with Crippen molar-refractivity contribution < 1.29 is 13.2 Å². The highest BCUT2D eigenvalue weighted by Crippen LogP contribution is 2.31. The zero-order chi connectivity index (χ0) is 22.3. The number of carbonyl (C=O) groups is 1. The van der Waals surface area contributed by atoms with E-state index in [1.807, 2.05) is 24.4 Å². The largest absolute Gasteiger partial charge is 0.360 e. The average Bonchev–Trinajstić information content (AvgIpc) is 3.40. The molecule has 1 saturated heterocycles. The Balaban J connectivity index is 1.37. The summed E-state index contributed by atoms with van der Waals surface area (Å²) in [6, 6.07) is 17.3. The molecule has 1 amide bonds. The molecule has 0 saturated carbocycles. The molecule has 4 aromatic rings. The van der Waals surface area contributed by atoms with Crippen molar-refractivity contribution in [3.63, 3.8) is 0 Å². The maximum absolute atomic E-state index is 12.7. The minimum atomic E-state index is -3.50. The van der Waals surface area contributed by atoms with Crippen LogP contribution < -0.4 is 14.3 Å². The topological polar surface area (TPSA) is 107 Å². The van der Waals surface area contributed by atoms with Crippen LogP contribution in [-0.2, 0) is 10.2 Å². The second kappa shape index (κ2) is 7.94. The summed E-state index contributed by atoms with van der Waals surface area (Å²) >= 11 is 6.39. The third-order valence-corrected chi connectivity index (χ3v) is 7.08. The van der Waals surface area contributed by atoms with Crippen molar-refractivity contribution >= 4 is 50.1 Å². The van der Waals surface area contributed by atoms with Crippen molar-refractivity contribution in [2.75, 3.05) is 22.7 Å². The summed E-state index contributed by atoms with van der Waals surface area (Å²) in [4.78, 5) is 20.5. The molecule has 0 aliphatic carbocycles. The molecule has 3 heterocycles. The summed E-state index contributed by atoms with van der Waals surface area (Å²) in [5.41, 5.74) is 4.63. The molecule has 162 valence electrons. The fraction of sp³-hybridized carbons (Fsp3) is 0.0909. The number of aromatic amines is 1. The van der Waals surface area contributed by atoms with Gasteiger partial charge >= 0.3 is 10.2 Å². The fourth-order valence-corrected chi connectivity index (χ4v) is 5.06. The summed E-state index contributed by atoms with van der Waals surface area (Å²) < 4.78 is 27.7. The van der Waals surface area contributed by atoms with Gasteiger partial charge in [-0.2, -0.15) is 13.1 Å². The summed E-state index contributed by atoms with van der Waals surface area (Å²) in [5.74, 6) is -0.318. The van der Waals surface area contributed by atoms with Crippen LogP contribution in [0.3, 0.4) is 0 Å². The van der Waals surface area contributed by atoms with E-state index in [1.165, 1.54) is 4.31 Å². The van der Waals surface area contributed by atoms with Gasteiger partial charge in [-0.15, -0.1) is 0 Å². The van der Waals surface area contributed by atoms with Crippen LogP contribution in [0.25, 0.3) is 22.3 Å². The van der Waals surface area contributed by atoms with E-state index in [-0.39, 0.29) is 5.91 Å². The summed E-state index contributed by atoms with van der Waals surface area (Å²) in [6.45, 7) is 0.708. The number of hydrogen-bond acceptors (Lipinski definition) is 4. The first-order valence-corrected chi connectivity index (χ1v) is 11.7. The van der Waals surface area contributed by atoms with E-state index >= 15 is 0 Å². The van der Waals surface area contributed by atoms with E-state index in [4.69, 9.17) is 11.6 Å². The molecule has 10 heteroatoms. The third-order valence-electron chi connectivity index (χ3n) is 5.21. The number of rotatable bonds is 4. The highest BCUT2D eigenvalue weighted by molar-refractivity contribution is 7.91. The lowest BCUT2D eigenvalue weighted by Crippen LogP contribution is -2.29. The Morgan fingerprint density at radius 2 is 1.88 bits per heavy atom. The van der Waals surface area contributed by atoms with Gasteiger partial charge in [-0.1, -0.05) is 11.6 Å². The number of carbonyl (C=O) groups excluding carboxylic acids is 1. The number of H-pyrrole nitrogens is 1. The highest BCUT2D eigenvalue weighted by atomic mass is 35.5. The molecule has 1 aliphatic rings. The van der Waals surface area contributed by atoms with Gasteiger partial charge < -0.3 is 10.3 Å². The minimum absolute atomic E-state index is 0.318. The van der Waals surface area contributed by atoms with Crippen molar-refractivity contribution in [2.24, 2.45) is 0 Å². The van der Waals surface area contributed by atoms with E-state index in [0.717, 1.165) is 11.0 Å². The molecule has 32 heavy (non-hydrogen) atoms. The Hall–Kier alpha value is -3.40. The van der Waals surface area contributed by atoms with E-state index < -0.39 is 10.2 Å². The van der Waals surface area contributed by atoms with E-state index in [1.54, 1.807) is 42.5 Å². The van der Waals surface area contributed by atoms with Crippen LogP contribution in [0.5, 0.6) is 0 Å². The second-order valence-electron chi connectivity index (χ2n) is 7.27. The van der Waals surface area contributed by atoms with Crippen molar-refractivity contribution in [3.8, 4) is 11.3 Å². The highest BCUT2D eigenvalue weighted by Gasteiger charge is 2.27. The number of pyridine rings is 1. The van der Waals surface area contributed by atoms with Crippen molar-refractivity contribution in [1.82, 2.24) is 14.7 Å². The van der Waals surface area contributed by atoms with Crippen LogP contribution in [0, 0.1) is 0 Å². The number of hydrogen-bond donors (Lipinski definition) is 3. The monoisotopic (exact) mass is 467 g/mol. The van der Waals surface area contributed by atoms with Gasteiger partial charge in [0.25, 0.3) is 5.91 Å². The lowest BCUT2D eigenvalue weighted by Gasteiger charge is -2.16. The number of benzene rings is 2. The number of halogens is 1. The molecule has 3 N–H and O–H groups in total. The summed E-state index contributed by atoms with van der Waals surface area (Å²) in [5, 5.41) is 3.38. The summed E-state index contributed by atoms with van der Waals surface area (Å²) in [6.07, 6.45) is 1.82. The molecule has 2 aromatic heterocycles. The molecular weight excluding hydrogens is 450 g/mol. The van der Waals surface area contributed by atoms with Gasteiger partial charge in [-0.05, 0) is 60.7 Å². The zero-order valence-corrected chi connectivity index (χ0v) is 18.2. The van der Waals surface area contributed by atoms with Gasteiger partial charge in [0.1, 0.15) is 0 Å².